The minimum Gasteiger partial charge on any atom is -0.497 e. The number of anilines is 1. The third-order valence-corrected chi connectivity index (χ3v) is 3.05. The number of nitrogens with zero attached hydrogens (tertiary/aromatic N) is 1. The molecule has 0 aliphatic carbocycles. The highest BCUT2D eigenvalue weighted by molar-refractivity contribution is 5.87. The largest absolute Gasteiger partial charge is 0.497 e. The number of aromatic nitrogens is 1. The number of nitrogens with one attached hydrogen (secondary N) is 1. The lowest BCUT2D eigenvalue weighted by molar-refractivity contribution is 0.415. The zero-order valence-corrected chi connectivity index (χ0v) is 10.8. The predicted molar refractivity (Wildman–Crippen MR) is 75.5 cm³/mol. The SMILES string of the molecule is CNc1ncc(-c2ccc3cc(OC)ccc3c2)o1. The zero-order valence-electron chi connectivity index (χ0n) is 10.8. The molecule has 0 unspecified atom stereocenters. The van der Waals surface area contributed by atoms with Crippen LogP contribution < -0.4 is 10.1 Å². The van der Waals surface area contributed by atoms with Crippen molar-refractivity contribution in [1.82, 2.24) is 4.98 Å². The first kappa shape index (κ1) is 11.6. The van der Waals surface area contributed by atoms with Crippen LogP contribution >= 0.6 is 0 Å². The lowest BCUT2D eigenvalue weighted by atomic mass is 10.1. The van der Waals surface area contributed by atoms with E-state index in [2.05, 4.69) is 22.4 Å². The summed E-state index contributed by atoms with van der Waals surface area (Å²) >= 11 is 0. The van der Waals surface area contributed by atoms with Crippen molar-refractivity contribution < 1.29 is 9.15 Å². The Balaban J connectivity index is 2.06. The Morgan fingerprint density at radius 3 is 2.63 bits per heavy atom. The molecule has 0 saturated heterocycles. The molecule has 0 aliphatic heterocycles. The molecule has 0 aliphatic rings. The highest BCUT2D eigenvalue weighted by Crippen LogP contribution is 2.28. The predicted octanol–water partition coefficient (Wildman–Crippen LogP) is 3.55. The summed E-state index contributed by atoms with van der Waals surface area (Å²) in [6.07, 6.45) is 1.72. The van der Waals surface area contributed by atoms with Crippen molar-refractivity contribution in [3.63, 3.8) is 0 Å². The number of hydrogen-bond donors (Lipinski definition) is 1. The maximum atomic E-state index is 5.57. The Morgan fingerprint density at radius 2 is 1.89 bits per heavy atom. The van der Waals surface area contributed by atoms with E-state index >= 15 is 0 Å². The maximum Gasteiger partial charge on any atom is 0.294 e. The number of fused-ring (bicyclic) bond motifs is 1. The Labute approximate surface area is 111 Å². The fourth-order valence-electron chi connectivity index (χ4n) is 2.03. The number of oxazole rings is 1. The Hall–Kier alpha value is -2.49. The van der Waals surface area contributed by atoms with E-state index in [0.29, 0.717) is 6.01 Å². The number of benzene rings is 2. The van der Waals surface area contributed by atoms with Crippen LogP contribution in [0.1, 0.15) is 0 Å². The van der Waals surface area contributed by atoms with Crippen LogP contribution in [0.2, 0.25) is 0 Å². The molecule has 96 valence electrons. The maximum absolute atomic E-state index is 5.57. The molecule has 0 radical (unpaired) electrons. The molecule has 4 heteroatoms. The van der Waals surface area contributed by atoms with E-state index in [1.54, 1.807) is 20.4 Å². The van der Waals surface area contributed by atoms with Gasteiger partial charge in [0.25, 0.3) is 6.01 Å². The Kier molecular flexibility index (Phi) is 2.83. The van der Waals surface area contributed by atoms with E-state index < -0.39 is 0 Å². The monoisotopic (exact) mass is 254 g/mol. The van der Waals surface area contributed by atoms with E-state index in [-0.39, 0.29) is 0 Å². The molecule has 0 saturated carbocycles. The summed E-state index contributed by atoms with van der Waals surface area (Å²) in [6.45, 7) is 0. The van der Waals surface area contributed by atoms with E-state index in [0.717, 1.165) is 27.8 Å². The number of hydrogen-bond acceptors (Lipinski definition) is 4. The molecule has 1 heterocycles. The minimum absolute atomic E-state index is 0.518. The van der Waals surface area contributed by atoms with Gasteiger partial charge < -0.3 is 14.5 Å². The molecular formula is C15H14N2O2. The lowest BCUT2D eigenvalue weighted by Crippen LogP contribution is -1.85. The van der Waals surface area contributed by atoms with Crippen LogP contribution in [0.3, 0.4) is 0 Å². The summed E-state index contributed by atoms with van der Waals surface area (Å²) < 4.78 is 10.8. The molecular weight excluding hydrogens is 240 g/mol. The van der Waals surface area contributed by atoms with Crippen molar-refractivity contribution in [3.05, 3.63) is 42.6 Å². The van der Waals surface area contributed by atoms with Crippen molar-refractivity contribution in [2.45, 2.75) is 0 Å². The molecule has 0 fully saturated rings. The first-order valence-corrected chi connectivity index (χ1v) is 6.02. The van der Waals surface area contributed by atoms with Crippen LogP contribution in [-0.4, -0.2) is 19.1 Å². The van der Waals surface area contributed by atoms with Gasteiger partial charge in [0.05, 0.1) is 13.3 Å². The second kappa shape index (κ2) is 4.65. The molecule has 0 spiro atoms. The third-order valence-electron chi connectivity index (χ3n) is 3.05. The van der Waals surface area contributed by atoms with E-state index in [9.17, 15) is 0 Å². The fourth-order valence-corrected chi connectivity index (χ4v) is 2.03. The summed E-state index contributed by atoms with van der Waals surface area (Å²) in [6, 6.07) is 12.7. The van der Waals surface area contributed by atoms with Crippen LogP contribution in [0.15, 0.2) is 47.0 Å². The van der Waals surface area contributed by atoms with E-state index in [1.807, 2.05) is 24.3 Å². The van der Waals surface area contributed by atoms with Crippen molar-refractivity contribution in [2.75, 3.05) is 19.5 Å². The average molecular weight is 254 g/mol. The fraction of sp³-hybridized carbons (Fsp3) is 0.133. The number of rotatable bonds is 3. The van der Waals surface area contributed by atoms with Crippen LogP contribution in [0, 0.1) is 0 Å². The van der Waals surface area contributed by atoms with Crippen molar-refractivity contribution in [3.8, 4) is 17.1 Å². The van der Waals surface area contributed by atoms with Crippen LogP contribution in [0.25, 0.3) is 22.1 Å². The van der Waals surface area contributed by atoms with Crippen molar-refractivity contribution >= 4 is 16.8 Å². The molecule has 0 amide bonds. The van der Waals surface area contributed by atoms with Crippen LogP contribution in [-0.2, 0) is 0 Å². The van der Waals surface area contributed by atoms with Gasteiger partial charge in [0.1, 0.15) is 5.75 Å². The first-order chi connectivity index (χ1) is 9.30. The average Bonchev–Trinajstić information content (AvgIpc) is 2.95. The highest BCUT2D eigenvalue weighted by atomic mass is 16.5. The van der Waals surface area contributed by atoms with Gasteiger partial charge in [0, 0.05) is 12.6 Å². The van der Waals surface area contributed by atoms with Gasteiger partial charge in [-0.1, -0.05) is 18.2 Å². The molecule has 4 nitrogen and oxygen atoms in total. The highest BCUT2D eigenvalue weighted by Gasteiger charge is 2.06. The van der Waals surface area contributed by atoms with Crippen molar-refractivity contribution in [1.29, 1.82) is 0 Å². The van der Waals surface area contributed by atoms with Gasteiger partial charge in [0.15, 0.2) is 5.76 Å². The van der Waals surface area contributed by atoms with Gasteiger partial charge in [-0.25, -0.2) is 4.98 Å². The third kappa shape index (κ3) is 2.12. The van der Waals surface area contributed by atoms with Crippen LogP contribution in [0.5, 0.6) is 5.75 Å². The van der Waals surface area contributed by atoms with Gasteiger partial charge in [-0.15, -0.1) is 0 Å². The molecule has 0 bridgehead atoms. The molecule has 1 aromatic heterocycles. The lowest BCUT2D eigenvalue weighted by Gasteiger charge is -2.04. The second-order valence-corrected chi connectivity index (χ2v) is 4.21. The van der Waals surface area contributed by atoms with E-state index in [1.165, 1.54) is 0 Å². The second-order valence-electron chi connectivity index (χ2n) is 4.21. The van der Waals surface area contributed by atoms with E-state index in [4.69, 9.17) is 9.15 Å². The number of ether oxygens (including phenoxy) is 1. The molecule has 3 aromatic rings. The summed E-state index contributed by atoms with van der Waals surface area (Å²) in [7, 11) is 3.45. The number of methoxy groups -OCH3 is 1. The first-order valence-electron chi connectivity index (χ1n) is 6.02. The van der Waals surface area contributed by atoms with Crippen LogP contribution in [0.4, 0.5) is 6.01 Å². The van der Waals surface area contributed by atoms with Gasteiger partial charge in [-0.2, -0.15) is 0 Å². The van der Waals surface area contributed by atoms with Gasteiger partial charge in [-0.05, 0) is 29.0 Å². The summed E-state index contributed by atoms with van der Waals surface area (Å²) in [5.74, 6) is 1.61. The zero-order chi connectivity index (χ0) is 13.2. The van der Waals surface area contributed by atoms with Gasteiger partial charge >= 0.3 is 0 Å². The quantitative estimate of drug-likeness (QED) is 0.776. The summed E-state index contributed by atoms with van der Waals surface area (Å²) in [5, 5.41) is 5.15. The van der Waals surface area contributed by atoms with Gasteiger partial charge in [0.2, 0.25) is 0 Å². The van der Waals surface area contributed by atoms with Gasteiger partial charge in [-0.3, -0.25) is 0 Å². The summed E-state index contributed by atoms with van der Waals surface area (Å²) in [5.41, 5.74) is 1.01. The Bertz CT molecular complexity index is 719. The molecule has 0 atom stereocenters. The molecule has 1 N–H and O–H groups in total. The molecule has 3 rings (SSSR count). The molecule has 19 heavy (non-hydrogen) atoms. The van der Waals surface area contributed by atoms with Crippen molar-refractivity contribution in [2.24, 2.45) is 0 Å². The summed E-state index contributed by atoms with van der Waals surface area (Å²) in [4.78, 5) is 4.12. The normalized spacial score (nSPS) is 10.6. The smallest absolute Gasteiger partial charge is 0.294 e. The minimum atomic E-state index is 0.518. The Morgan fingerprint density at radius 1 is 1.11 bits per heavy atom. The topological polar surface area (TPSA) is 47.3 Å². The standard InChI is InChI=1S/C15H14N2O2/c1-16-15-17-9-14(19-15)12-4-3-11-8-13(18-2)6-5-10(11)7-12/h3-9H,1-2H3,(H,16,17). The molecule has 2 aromatic carbocycles.